The lowest BCUT2D eigenvalue weighted by Gasteiger charge is -2.44. The molecule has 3 heterocycles. The van der Waals surface area contributed by atoms with Crippen LogP contribution in [0.5, 0.6) is 0 Å². The zero-order valence-electron chi connectivity index (χ0n) is 13.9. The first-order valence-corrected chi connectivity index (χ1v) is 9.39. The smallest absolute Gasteiger partial charge is 0.267 e. The number of carbonyl (C=O) groups excluding carboxylic acids is 1. The number of hydrogen-bond donors (Lipinski definition) is 2. The molecule has 0 unspecified atom stereocenters. The summed E-state index contributed by atoms with van der Waals surface area (Å²) in [5.74, 6) is 0.547. The Morgan fingerprint density at radius 2 is 2.12 bits per heavy atom. The Morgan fingerprint density at radius 3 is 3.00 bits per heavy atom. The first-order valence-electron chi connectivity index (χ1n) is 9.02. The maximum absolute atomic E-state index is 12.5. The van der Waals surface area contributed by atoms with Crippen LogP contribution < -0.4 is 5.32 Å². The third-order valence-electron chi connectivity index (χ3n) is 5.61. The molecule has 4 rings (SSSR count). The summed E-state index contributed by atoms with van der Waals surface area (Å²) in [6.45, 7) is 3.23. The van der Waals surface area contributed by atoms with Crippen molar-refractivity contribution in [2.45, 2.75) is 38.1 Å². The molecule has 24 heavy (non-hydrogen) atoms. The number of carbonyl (C=O) groups is 1. The number of rotatable bonds is 3. The minimum atomic E-state index is -0.0322. The molecule has 2 fully saturated rings. The fourth-order valence-electron chi connectivity index (χ4n) is 4.37. The van der Waals surface area contributed by atoms with E-state index in [1.165, 1.54) is 45.2 Å². The molecule has 2 atom stereocenters. The van der Waals surface area contributed by atoms with Crippen LogP contribution in [0.25, 0.3) is 10.9 Å². The molecule has 1 amide bonds. The van der Waals surface area contributed by atoms with E-state index in [4.69, 9.17) is 11.6 Å². The Bertz CT molecular complexity index is 739. The van der Waals surface area contributed by atoms with Gasteiger partial charge in [0.05, 0.1) is 0 Å². The number of aromatic nitrogens is 1. The molecule has 0 spiro atoms. The summed E-state index contributed by atoms with van der Waals surface area (Å²) < 4.78 is 0. The number of halogens is 1. The summed E-state index contributed by atoms with van der Waals surface area (Å²) in [7, 11) is 0. The maximum Gasteiger partial charge on any atom is 0.267 e. The molecule has 0 saturated carbocycles. The standard InChI is InChI=1S/C19H24ClN3O/c20-15-6-3-7-16-14(15)11-17(22-16)19(24)21-12-13-5-4-10-23-9-2-1-8-18(13)23/h3,6-7,11,13,18,22H,1-2,4-5,8-10,12H2,(H,21,24)/t13-,18+/m0/s1. The summed E-state index contributed by atoms with van der Waals surface area (Å²) in [6, 6.07) is 8.19. The third kappa shape index (κ3) is 3.05. The molecule has 0 aliphatic carbocycles. The van der Waals surface area contributed by atoms with Crippen LogP contribution in [0.2, 0.25) is 5.02 Å². The van der Waals surface area contributed by atoms with E-state index >= 15 is 0 Å². The van der Waals surface area contributed by atoms with Crippen LogP contribution in [0.4, 0.5) is 0 Å². The molecule has 1 aromatic carbocycles. The van der Waals surface area contributed by atoms with Crippen molar-refractivity contribution in [3.63, 3.8) is 0 Å². The predicted molar refractivity (Wildman–Crippen MR) is 97.6 cm³/mol. The van der Waals surface area contributed by atoms with Crippen LogP contribution in [0.1, 0.15) is 42.6 Å². The number of nitrogens with zero attached hydrogens (tertiary/aromatic N) is 1. The topological polar surface area (TPSA) is 48.1 Å². The molecule has 2 aromatic rings. The van der Waals surface area contributed by atoms with Crippen molar-refractivity contribution in [3.05, 3.63) is 35.0 Å². The Balaban J connectivity index is 1.42. The van der Waals surface area contributed by atoms with Gasteiger partial charge in [-0.3, -0.25) is 4.79 Å². The van der Waals surface area contributed by atoms with Gasteiger partial charge in [0.2, 0.25) is 0 Å². The van der Waals surface area contributed by atoms with Gasteiger partial charge in [-0.2, -0.15) is 0 Å². The van der Waals surface area contributed by atoms with E-state index in [9.17, 15) is 4.79 Å². The number of fused-ring (bicyclic) bond motifs is 2. The molecule has 128 valence electrons. The number of piperidine rings is 2. The van der Waals surface area contributed by atoms with E-state index in [1.807, 2.05) is 24.3 Å². The minimum absolute atomic E-state index is 0.0322. The molecule has 2 aliphatic rings. The molecule has 1 aromatic heterocycles. The van der Waals surface area contributed by atoms with Crippen LogP contribution in [-0.2, 0) is 0 Å². The highest BCUT2D eigenvalue weighted by Gasteiger charge is 2.33. The number of aromatic amines is 1. The average molecular weight is 346 g/mol. The Kier molecular flexibility index (Phi) is 4.51. The van der Waals surface area contributed by atoms with Gasteiger partial charge < -0.3 is 15.2 Å². The van der Waals surface area contributed by atoms with Crippen LogP contribution in [-0.4, -0.2) is 41.5 Å². The summed E-state index contributed by atoms with van der Waals surface area (Å²) in [4.78, 5) is 18.3. The van der Waals surface area contributed by atoms with Gasteiger partial charge in [-0.15, -0.1) is 0 Å². The first kappa shape index (κ1) is 16.0. The third-order valence-corrected chi connectivity index (χ3v) is 5.94. The molecule has 5 heteroatoms. The number of amides is 1. The van der Waals surface area contributed by atoms with Gasteiger partial charge in [0, 0.05) is 28.5 Å². The molecule has 2 N–H and O–H groups in total. The second-order valence-electron chi connectivity index (χ2n) is 7.10. The van der Waals surface area contributed by atoms with Gasteiger partial charge in [0.1, 0.15) is 5.69 Å². The Labute approximate surface area is 147 Å². The van der Waals surface area contributed by atoms with Gasteiger partial charge in [-0.1, -0.05) is 24.1 Å². The second kappa shape index (κ2) is 6.77. The molecule has 0 radical (unpaired) electrons. The van der Waals surface area contributed by atoms with Crippen molar-refractivity contribution >= 4 is 28.4 Å². The van der Waals surface area contributed by atoms with Crippen LogP contribution >= 0.6 is 11.6 Å². The number of nitrogens with one attached hydrogen (secondary N) is 2. The van der Waals surface area contributed by atoms with E-state index in [-0.39, 0.29) is 5.91 Å². The predicted octanol–water partition coefficient (Wildman–Crippen LogP) is 3.82. The summed E-state index contributed by atoms with van der Waals surface area (Å²) in [5, 5.41) is 4.72. The van der Waals surface area contributed by atoms with Gasteiger partial charge in [-0.05, 0) is 62.9 Å². The normalized spacial score (nSPS) is 24.7. The van der Waals surface area contributed by atoms with Crippen molar-refractivity contribution in [1.82, 2.24) is 15.2 Å². The van der Waals surface area contributed by atoms with Crippen molar-refractivity contribution in [1.29, 1.82) is 0 Å². The number of benzene rings is 1. The SMILES string of the molecule is O=C(NC[C@@H]1CCCN2CCCC[C@H]12)c1cc2c(Cl)cccc2[nH]1. The summed E-state index contributed by atoms with van der Waals surface area (Å²) in [5.41, 5.74) is 1.50. The monoisotopic (exact) mass is 345 g/mol. The molecule has 4 nitrogen and oxygen atoms in total. The second-order valence-corrected chi connectivity index (χ2v) is 7.50. The molecular formula is C19H24ClN3O. The van der Waals surface area contributed by atoms with E-state index < -0.39 is 0 Å². The van der Waals surface area contributed by atoms with E-state index in [1.54, 1.807) is 0 Å². The Hall–Kier alpha value is -1.52. The molecular weight excluding hydrogens is 322 g/mol. The van der Waals surface area contributed by atoms with E-state index in [0.29, 0.717) is 22.7 Å². The fraction of sp³-hybridized carbons (Fsp3) is 0.526. The lowest BCUT2D eigenvalue weighted by molar-refractivity contribution is 0.0575. The largest absolute Gasteiger partial charge is 0.350 e. The van der Waals surface area contributed by atoms with Crippen molar-refractivity contribution in [2.24, 2.45) is 5.92 Å². The minimum Gasteiger partial charge on any atom is -0.350 e. The van der Waals surface area contributed by atoms with Crippen molar-refractivity contribution in [2.75, 3.05) is 19.6 Å². The average Bonchev–Trinajstić information content (AvgIpc) is 3.05. The Morgan fingerprint density at radius 1 is 1.25 bits per heavy atom. The lowest BCUT2D eigenvalue weighted by atomic mass is 9.83. The van der Waals surface area contributed by atoms with Crippen molar-refractivity contribution < 1.29 is 4.79 Å². The number of hydrogen-bond acceptors (Lipinski definition) is 2. The van der Waals surface area contributed by atoms with Gasteiger partial charge in [0.25, 0.3) is 5.91 Å². The maximum atomic E-state index is 12.5. The summed E-state index contributed by atoms with van der Waals surface area (Å²) in [6.07, 6.45) is 6.40. The lowest BCUT2D eigenvalue weighted by Crippen LogP contribution is -2.51. The zero-order chi connectivity index (χ0) is 16.5. The van der Waals surface area contributed by atoms with E-state index in [2.05, 4.69) is 15.2 Å². The van der Waals surface area contributed by atoms with Crippen LogP contribution in [0.3, 0.4) is 0 Å². The molecule has 0 bridgehead atoms. The highest BCUT2D eigenvalue weighted by molar-refractivity contribution is 6.35. The van der Waals surface area contributed by atoms with Crippen LogP contribution in [0, 0.1) is 5.92 Å². The molecule has 2 saturated heterocycles. The van der Waals surface area contributed by atoms with E-state index in [0.717, 1.165) is 17.4 Å². The highest BCUT2D eigenvalue weighted by Crippen LogP contribution is 2.30. The van der Waals surface area contributed by atoms with Crippen LogP contribution in [0.15, 0.2) is 24.3 Å². The van der Waals surface area contributed by atoms with Gasteiger partial charge in [-0.25, -0.2) is 0 Å². The zero-order valence-corrected chi connectivity index (χ0v) is 14.6. The van der Waals surface area contributed by atoms with Gasteiger partial charge in [0.15, 0.2) is 0 Å². The first-order chi connectivity index (χ1) is 11.7. The quantitative estimate of drug-likeness (QED) is 0.888. The summed E-state index contributed by atoms with van der Waals surface area (Å²) >= 11 is 6.19. The molecule has 2 aliphatic heterocycles. The fourth-order valence-corrected chi connectivity index (χ4v) is 4.60. The van der Waals surface area contributed by atoms with Crippen molar-refractivity contribution in [3.8, 4) is 0 Å². The number of H-pyrrole nitrogens is 1. The highest BCUT2D eigenvalue weighted by atomic mass is 35.5. The van der Waals surface area contributed by atoms with Gasteiger partial charge >= 0.3 is 0 Å².